The number of amides is 2. The second-order valence-corrected chi connectivity index (χ2v) is 5.74. The maximum absolute atomic E-state index is 12.0. The molecule has 1 aromatic heterocycles. The van der Waals surface area contributed by atoms with Gasteiger partial charge in [0.05, 0.1) is 49.6 Å². The lowest BCUT2D eigenvalue weighted by atomic mass is 10.2. The summed E-state index contributed by atoms with van der Waals surface area (Å²) < 4.78 is 7.27. The van der Waals surface area contributed by atoms with E-state index in [0.29, 0.717) is 6.54 Å². The monoisotopic (exact) mass is 289 g/mol. The van der Waals surface area contributed by atoms with Gasteiger partial charge in [0.25, 0.3) is 0 Å². The Balaban J connectivity index is 1.56. The molecule has 2 fully saturated rings. The van der Waals surface area contributed by atoms with Crippen molar-refractivity contribution in [2.24, 2.45) is 0 Å². The third-order valence-corrected chi connectivity index (χ3v) is 4.45. The molecule has 21 heavy (non-hydrogen) atoms. The van der Waals surface area contributed by atoms with Gasteiger partial charge in [-0.2, -0.15) is 5.10 Å². The van der Waals surface area contributed by atoms with Crippen LogP contribution in [0.15, 0.2) is 18.5 Å². The van der Waals surface area contributed by atoms with Gasteiger partial charge in [-0.3, -0.25) is 0 Å². The first-order chi connectivity index (χ1) is 10.2. The zero-order valence-corrected chi connectivity index (χ0v) is 12.1. The average molecular weight is 289 g/mol. The Bertz CT molecular complexity index is 590. The lowest BCUT2D eigenvalue weighted by Crippen LogP contribution is -2.36. The molecule has 7 heteroatoms. The summed E-state index contributed by atoms with van der Waals surface area (Å²) in [6.45, 7) is 4.76. The minimum absolute atomic E-state index is 0.104. The highest BCUT2D eigenvalue weighted by Crippen LogP contribution is 2.26. The summed E-state index contributed by atoms with van der Waals surface area (Å²) in [6.07, 6.45) is 6.09. The highest BCUT2D eigenvalue weighted by atomic mass is 16.5. The van der Waals surface area contributed by atoms with E-state index in [1.54, 1.807) is 4.90 Å². The van der Waals surface area contributed by atoms with Crippen LogP contribution in [0.1, 0.15) is 0 Å². The summed E-state index contributed by atoms with van der Waals surface area (Å²) >= 11 is 0. The van der Waals surface area contributed by atoms with Gasteiger partial charge in [-0.1, -0.05) is 0 Å². The maximum atomic E-state index is 12.0. The predicted octanol–water partition coefficient (Wildman–Crippen LogP) is 0.310. The van der Waals surface area contributed by atoms with Gasteiger partial charge in [0.1, 0.15) is 0 Å². The minimum Gasteiger partial charge on any atom is -0.378 e. The zero-order chi connectivity index (χ0) is 14.4. The van der Waals surface area contributed by atoms with E-state index in [4.69, 9.17) is 4.74 Å². The molecular formula is C14H19N5O2. The van der Waals surface area contributed by atoms with E-state index >= 15 is 0 Å². The van der Waals surface area contributed by atoms with E-state index in [9.17, 15) is 4.79 Å². The van der Waals surface area contributed by atoms with Crippen molar-refractivity contribution in [3.8, 4) is 0 Å². The van der Waals surface area contributed by atoms with Crippen molar-refractivity contribution < 1.29 is 9.53 Å². The molecule has 2 bridgehead atoms. The molecule has 1 unspecified atom stereocenters. The second kappa shape index (κ2) is 4.77. The highest BCUT2D eigenvalue weighted by molar-refractivity contribution is 5.80. The molecule has 0 N–H and O–H groups in total. The topological polar surface area (TPSA) is 53.8 Å². The summed E-state index contributed by atoms with van der Waals surface area (Å²) in [6, 6.07) is 0.268. The van der Waals surface area contributed by atoms with Gasteiger partial charge < -0.3 is 19.4 Å². The van der Waals surface area contributed by atoms with Gasteiger partial charge in [0, 0.05) is 26.7 Å². The molecule has 3 aliphatic rings. The molecule has 4 rings (SSSR count). The van der Waals surface area contributed by atoms with Gasteiger partial charge in [-0.25, -0.2) is 9.48 Å². The summed E-state index contributed by atoms with van der Waals surface area (Å²) in [7, 11) is 1.86. The third-order valence-electron chi connectivity index (χ3n) is 4.45. The van der Waals surface area contributed by atoms with Crippen molar-refractivity contribution in [2.45, 2.75) is 6.04 Å². The fourth-order valence-electron chi connectivity index (χ4n) is 3.16. The van der Waals surface area contributed by atoms with Crippen LogP contribution >= 0.6 is 0 Å². The third kappa shape index (κ3) is 2.08. The van der Waals surface area contributed by atoms with Crippen LogP contribution in [0.4, 0.5) is 10.5 Å². The Hall–Kier alpha value is -2.02. The first kappa shape index (κ1) is 12.7. The SMILES string of the molecule is CN1C(=O)N2CC(n3cc(N4CCOCC4)cn3)=CC1C2. The first-order valence-corrected chi connectivity index (χ1v) is 7.32. The lowest BCUT2D eigenvalue weighted by Gasteiger charge is -2.27. The van der Waals surface area contributed by atoms with Gasteiger partial charge in [0.15, 0.2) is 0 Å². The van der Waals surface area contributed by atoms with Crippen LogP contribution in [0, 0.1) is 0 Å². The Labute approximate surface area is 123 Å². The molecule has 0 aliphatic carbocycles. The predicted molar refractivity (Wildman–Crippen MR) is 78.1 cm³/mol. The molecule has 1 atom stereocenters. The molecule has 0 radical (unpaired) electrons. The number of ether oxygens (including phenoxy) is 1. The fraction of sp³-hybridized carbons (Fsp3) is 0.571. The van der Waals surface area contributed by atoms with Crippen molar-refractivity contribution in [3.63, 3.8) is 0 Å². The summed E-state index contributed by atoms with van der Waals surface area (Å²) in [5.41, 5.74) is 2.19. The Morgan fingerprint density at radius 3 is 2.86 bits per heavy atom. The van der Waals surface area contributed by atoms with Crippen LogP contribution in [-0.2, 0) is 4.74 Å². The molecule has 0 saturated carbocycles. The van der Waals surface area contributed by atoms with Crippen LogP contribution in [0.5, 0.6) is 0 Å². The molecule has 4 heterocycles. The van der Waals surface area contributed by atoms with Gasteiger partial charge >= 0.3 is 6.03 Å². The van der Waals surface area contributed by atoms with Crippen molar-refractivity contribution >= 4 is 17.4 Å². The largest absolute Gasteiger partial charge is 0.378 e. The van der Waals surface area contributed by atoms with Crippen LogP contribution in [0.3, 0.4) is 0 Å². The fourth-order valence-corrected chi connectivity index (χ4v) is 3.16. The molecule has 0 aromatic carbocycles. The normalized spacial score (nSPS) is 25.6. The smallest absolute Gasteiger partial charge is 0.320 e. The number of likely N-dealkylation sites (N-methyl/N-ethyl adjacent to an activating group) is 1. The number of carbonyl (C=O) groups is 1. The lowest BCUT2D eigenvalue weighted by molar-refractivity contribution is 0.122. The Morgan fingerprint density at radius 2 is 2.10 bits per heavy atom. The summed E-state index contributed by atoms with van der Waals surface area (Å²) in [5.74, 6) is 0. The van der Waals surface area contributed by atoms with Gasteiger partial charge in [-0.15, -0.1) is 0 Å². The number of aromatic nitrogens is 2. The highest BCUT2D eigenvalue weighted by Gasteiger charge is 2.37. The van der Waals surface area contributed by atoms with Crippen molar-refractivity contribution in [1.82, 2.24) is 19.6 Å². The van der Waals surface area contributed by atoms with Crippen molar-refractivity contribution in [3.05, 3.63) is 18.5 Å². The number of morpholine rings is 1. The van der Waals surface area contributed by atoms with Crippen LogP contribution in [0.25, 0.3) is 5.70 Å². The number of fused-ring (bicyclic) bond motifs is 2. The Kier molecular flexibility index (Phi) is 2.88. The number of anilines is 1. The number of carbonyl (C=O) groups excluding carboxylic acids is 1. The van der Waals surface area contributed by atoms with E-state index in [1.807, 2.05) is 29.0 Å². The molecule has 112 valence electrons. The van der Waals surface area contributed by atoms with Crippen LogP contribution < -0.4 is 4.90 Å². The molecule has 0 spiro atoms. The molecule has 7 nitrogen and oxygen atoms in total. The van der Waals surface area contributed by atoms with Gasteiger partial charge in [0.2, 0.25) is 0 Å². The molecular weight excluding hydrogens is 270 g/mol. The zero-order valence-electron chi connectivity index (χ0n) is 12.1. The van der Waals surface area contributed by atoms with E-state index in [-0.39, 0.29) is 12.1 Å². The number of hydrogen-bond donors (Lipinski definition) is 0. The number of hydrogen-bond acceptors (Lipinski definition) is 4. The first-order valence-electron chi connectivity index (χ1n) is 7.32. The maximum Gasteiger partial charge on any atom is 0.320 e. The average Bonchev–Trinajstić information content (AvgIpc) is 3.10. The van der Waals surface area contributed by atoms with Crippen LogP contribution in [-0.4, -0.2) is 78.1 Å². The quantitative estimate of drug-likeness (QED) is 0.786. The van der Waals surface area contributed by atoms with Crippen LogP contribution in [0.2, 0.25) is 0 Å². The van der Waals surface area contributed by atoms with E-state index < -0.39 is 0 Å². The number of nitrogens with zero attached hydrogens (tertiary/aromatic N) is 5. The summed E-state index contributed by atoms with van der Waals surface area (Å²) in [4.78, 5) is 17.9. The molecule has 1 aromatic rings. The number of urea groups is 1. The van der Waals surface area contributed by atoms with Crippen molar-refractivity contribution in [2.75, 3.05) is 51.3 Å². The standard InChI is InChI=1S/C14H19N5O2/c1-16-11-6-12(9-18(8-11)14(16)20)19-10-13(7-15-19)17-2-4-21-5-3-17/h6-7,10-11H,2-5,8-9H2,1H3. The second-order valence-electron chi connectivity index (χ2n) is 5.74. The van der Waals surface area contributed by atoms with E-state index in [0.717, 1.165) is 44.2 Å². The van der Waals surface area contributed by atoms with Gasteiger partial charge in [-0.05, 0) is 6.08 Å². The number of rotatable bonds is 2. The summed E-state index contributed by atoms with van der Waals surface area (Å²) in [5, 5.41) is 4.47. The van der Waals surface area contributed by atoms with E-state index in [1.165, 1.54) is 0 Å². The van der Waals surface area contributed by atoms with Crippen molar-refractivity contribution in [1.29, 1.82) is 0 Å². The molecule has 3 aliphatic heterocycles. The molecule has 2 amide bonds. The molecule has 2 saturated heterocycles. The Morgan fingerprint density at radius 1 is 1.29 bits per heavy atom. The minimum atomic E-state index is 0.104. The van der Waals surface area contributed by atoms with E-state index in [2.05, 4.69) is 16.1 Å².